The van der Waals surface area contributed by atoms with Crippen LogP contribution in [0.1, 0.15) is 68.2 Å². The lowest BCUT2D eigenvalue weighted by atomic mass is 9.69. The van der Waals surface area contributed by atoms with Gasteiger partial charge in [-0.05, 0) is 44.9 Å². The highest BCUT2D eigenvalue weighted by atomic mass is 16.6. The fourth-order valence-corrected chi connectivity index (χ4v) is 2.96. The van der Waals surface area contributed by atoms with Crippen LogP contribution in [0.5, 0.6) is 0 Å². The molecule has 24 heavy (non-hydrogen) atoms. The molecule has 142 valence electrons. The minimum absolute atomic E-state index is 0.0109. The van der Waals surface area contributed by atoms with E-state index >= 15 is 0 Å². The number of aliphatic hydroxyl groups is 2. The van der Waals surface area contributed by atoms with E-state index in [1.165, 1.54) is 0 Å². The Bertz CT molecular complexity index is 408. The van der Waals surface area contributed by atoms with Gasteiger partial charge >= 0.3 is 5.97 Å². The Morgan fingerprint density at radius 3 is 2.00 bits per heavy atom. The molecule has 0 saturated carbocycles. The van der Waals surface area contributed by atoms with Gasteiger partial charge in [-0.15, -0.1) is 6.58 Å². The van der Waals surface area contributed by atoms with Gasteiger partial charge in [-0.25, -0.2) is 0 Å². The number of carbonyl (C=O) groups is 1. The minimum atomic E-state index is -0.966. The van der Waals surface area contributed by atoms with Crippen LogP contribution in [0, 0.1) is 23.2 Å². The van der Waals surface area contributed by atoms with Crippen molar-refractivity contribution < 1.29 is 19.7 Å². The Morgan fingerprint density at radius 2 is 1.58 bits per heavy atom. The Morgan fingerprint density at radius 1 is 1.08 bits per heavy atom. The maximum Gasteiger partial charge on any atom is 0.308 e. The monoisotopic (exact) mass is 342 g/mol. The molecule has 2 N–H and O–H groups in total. The van der Waals surface area contributed by atoms with Gasteiger partial charge in [0.05, 0.1) is 18.6 Å². The molecule has 0 radical (unpaired) electrons. The molecule has 4 nitrogen and oxygen atoms in total. The molecular weight excluding hydrogens is 304 g/mol. The first kappa shape index (κ1) is 23.1. The maximum absolute atomic E-state index is 12.0. The molecule has 0 fully saturated rings. The third-order valence-corrected chi connectivity index (χ3v) is 5.16. The highest BCUT2D eigenvalue weighted by Gasteiger charge is 2.41. The number of rotatable bonds is 9. The van der Waals surface area contributed by atoms with Crippen molar-refractivity contribution in [1.82, 2.24) is 0 Å². The van der Waals surface area contributed by atoms with Crippen LogP contribution < -0.4 is 0 Å². The van der Waals surface area contributed by atoms with E-state index < -0.39 is 29.2 Å². The molecule has 0 unspecified atom stereocenters. The van der Waals surface area contributed by atoms with Crippen molar-refractivity contribution in [2.75, 3.05) is 0 Å². The molecule has 0 saturated heterocycles. The smallest absolute Gasteiger partial charge is 0.308 e. The summed E-state index contributed by atoms with van der Waals surface area (Å²) in [6, 6.07) is 0. The fourth-order valence-electron chi connectivity index (χ4n) is 2.96. The number of ether oxygens (including phenoxy) is 1. The fraction of sp³-hybridized carbons (Fsp3) is 0.850. The molecule has 0 aromatic rings. The van der Waals surface area contributed by atoms with Crippen LogP contribution in [0.3, 0.4) is 0 Å². The third-order valence-electron chi connectivity index (χ3n) is 5.16. The summed E-state index contributed by atoms with van der Waals surface area (Å²) in [4.78, 5) is 12.0. The second-order valence-corrected chi connectivity index (χ2v) is 8.79. The van der Waals surface area contributed by atoms with Gasteiger partial charge in [0.2, 0.25) is 0 Å². The van der Waals surface area contributed by atoms with Gasteiger partial charge in [-0.3, -0.25) is 4.79 Å². The predicted octanol–water partition coefficient (Wildman–Crippen LogP) is 3.95. The SMILES string of the molecule is C=CC[C@H](C)[C@H](C)[C@@H](C)[C@H](O)C(C)(C)[C@@H](O)CC(=O)OC(C)(C)C. The topological polar surface area (TPSA) is 66.8 Å². The summed E-state index contributed by atoms with van der Waals surface area (Å²) < 4.78 is 5.27. The second-order valence-electron chi connectivity index (χ2n) is 8.79. The normalized spacial score (nSPS) is 19.1. The number of carbonyl (C=O) groups excluding carboxylic acids is 1. The second kappa shape index (κ2) is 9.00. The van der Waals surface area contributed by atoms with Crippen LogP contribution in [0.25, 0.3) is 0 Å². The summed E-state index contributed by atoms with van der Waals surface area (Å²) in [6.07, 6.45) is 0.968. The van der Waals surface area contributed by atoms with Gasteiger partial charge in [0.15, 0.2) is 0 Å². The number of hydrogen-bond acceptors (Lipinski definition) is 4. The third kappa shape index (κ3) is 6.94. The molecular formula is C20H38O4. The van der Waals surface area contributed by atoms with E-state index in [-0.39, 0.29) is 18.3 Å². The summed E-state index contributed by atoms with van der Waals surface area (Å²) in [7, 11) is 0. The van der Waals surface area contributed by atoms with E-state index in [1.54, 1.807) is 34.6 Å². The quantitative estimate of drug-likeness (QED) is 0.492. The molecule has 0 spiro atoms. The standard InChI is InChI=1S/C20H38O4/c1-10-11-13(2)14(3)15(4)18(23)20(8,9)16(21)12-17(22)24-19(5,6)7/h10,13-16,18,21,23H,1,11-12H2,2-9H3/t13-,14-,15+,16-,18-/m0/s1. The largest absolute Gasteiger partial charge is 0.460 e. The summed E-state index contributed by atoms with van der Waals surface area (Å²) in [5, 5.41) is 21.3. The number of allylic oxidation sites excluding steroid dienone is 1. The zero-order valence-corrected chi connectivity index (χ0v) is 16.8. The Balaban J connectivity index is 4.94. The zero-order chi connectivity index (χ0) is 19.3. The van der Waals surface area contributed by atoms with Crippen LogP contribution in [-0.4, -0.2) is 34.0 Å². The van der Waals surface area contributed by atoms with Crippen LogP contribution >= 0.6 is 0 Å². The first-order chi connectivity index (χ1) is 10.7. The summed E-state index contributed by atoms with van der Waals surface area (Å²) in [5.41, 5.74) is -1.39. The average Bonchev–Trinajstić information content (AvgIpc) is 2.42. The lowest BCUT2D eigenvalue weighted by molar-refractivity contribution is -0.161. The molecule has 0 aromatic heterocycles. The van der Waals surface area contributed by atoms with Crippen molar-refractivity contribution in [3.05, 3.63) is 12.7 Å². The van der Waals surface area contributed by atoms with Gasteiger partial charge < -0.3 is 14.9 Å². The van der Waals surface area contributed by atoms with Crippen molar-refractivity contribution >= 4 is 5.97 Å². The molecule has 0 bridgehead atoms. The summed E-state index contributed by atoms with van der Waals surface area (Å²) >= 11 is 0. The Hall–Kier alpha value is -0.870. The Kier molecular flexibility index (Phi) is 8.68. The predicted molar refractivity (Wildman–Crippen MR) is 98.6 cm³/mol. The molecule has 0 aliphatic rings. The number of esters is 1. The van der Waals surface area contributed by atoms with Crippen LogP contribution in [0.15, 0.2) is 12.7 Å². The van der Waals surface area contributed by atoms with Crippen molar-refractivity contribution in [3.63, 3.8) is 0 Å². The molecule has 0 amide bonds. The van der Waals surface area contributed by atoms with Crippen LogP contribution in [-0.2, 0) is 9.53 Å². The highest BCUT2D eigenvalue weighted by molar-refractivity contribution is 5.70. The van der Waals surface area contributed by atoms with E-state index in [9.17, 15) is 15.0 Å². The average molecular weight is 343 g/mol. The molecule has 0 aromatic carbocycles. The van der Waals surface area contributed by atoms with Gasteiger partial charge in [0.1, 0.15) is 5.60 Å². The molecule has 5 atom stereocenters. The molecule has 0 aliphatic carbocycles. The van der Waals surface area contributed by atoms with Crippen molar-refractivity contribution in [1.29, 1.82) is 0 Å². The number of aliphatic hydroxyl groups excluding tert-OH is 2. The maximum atomic E-state index is 12.0. The molecule has 4 heteroatoms. The summed E-state index contributed by atoms with van der Waals surface area (Å²) in [6.45, 7) is 19.0. The van der Waals surface area contributed by atoms with Gasteiger partial charge in [0.25, 0.3) is 0 Å². The lowest BCUT2D eigenvalue weighted by Gasteiger charge is -2.41. The Labute approximate surface area is 148 Å². The van der Waals surface area contributed by atoms with E-state index in [0.717, 1.165) is 6.42 Å². The van der Waals surface area contributed by atoms with Crippen LogP contribution in [0.2, 0.25) is 0 Å². The molecule has 0 aliphatic heterocycles. The molecule has 0 rings (SSSR count). The van der Waals surface area contributed by atoms with E-state index in [0.29, 0.717) is 5.92 Å². The van der Waals surface area contributed by atoms with Gasteiger partial charge in [-0.1, -0.05) is 40.7 Å². The van der Waals surface area contributed by atoms with Crippen molar-refractivity contribution in [2.45, 2.75) is 86.0 Å². The number of hydrogen-bond donors (Lipinski definition) is 2. The zero-order valence-electron chi connectivity index (χ0n) is 16.8. The van der Waals surface area contributed by atoms with Crippen LogP contribution in [0.4, 0.5) is 0 Å². The van der Waals surface area contributed by atoms with Gasteiger partial charge in [0, 0.05) is 5.41 Å². The van der Waals surface area contributed by atoms with E-state index in [1.807, 2.05) is 13.0 Å². The molecule has 0 heterocycles. The van der Waals surface area contributed by atoms with E-state index in [4.69, 9.17) is 4.74 Å². The first-order valence-electron chi connectivity index (χ1n) is 8.92. The summed E-state index contributed by atoms with van der Waals surface area (Å²) in [5.74, 6) is 0.205. The van der Waals surface area contributed by atoms with Gasteiger partial charge in [-0.2, -0.15) is 0 Å². The lowest BCUT2D eigenvalue weighted by Crippen LogP contribution is -2.47. The van der Waals surface area contributed by atoms with Crippen molar-refractivity contribution in [3.8, 4) is 0 Å². The minimum Gasteiger partial charge on any atom is -0.460 e. The van der Waals surface area contributed by atoms with E-state index in [2.05, 4.69) is 20.4 Å². The van der Waals surface area contributed by atoms with Crippen molar-refractivity contribution in [2.24, 2.45) is 23.2 Å². The highest BCUT2D eigenvalue weighted by Crippen LogP contribution is 2.37. The first-order valence-corrected chi connectivity index (χ1v) is 8.92.